The molecule has 15 heteroatoms. The maximum absolute atomic E-state index is 13.4. The van der Waals surface area contributed by atoms with Crippen LogP contribution in [0.15, 0.2) is 97.1 Å². The fourth-order valence-corrected chi connectivity index (χ4v) is 9.51. The van der Waals surface area contributed by atoms with Crippen LogP contribution in [0.5, 0.6) is 0 Å². The Kier molecular flexibility index (Phi) is 11.7. The average molecular weight is 872 g/mol. The number of carbonyl (C=O) groups is 5. The van der Waals surface area contributed by atoms with E-state index in [4.69, 9.17) is 4.98 Å². The van der Waals surface area contributed by atoms with Crippen LogP contribution >= 0.6 is 0 Å². The Morgan fingerprint density at radius 1 is 0.797 bits per heavy atom. The molecule has 0 bridgehead atoms. The molecule has 5 heterocycles. The summed E-state index contributed by atoms with van der Waals surface area (Å²) in [6.07, 6.45) is -0.256. The van der Waals surface area contributed by atoms with Gasteiger partial charge in [-0.25, -0.2) is 4.98 Å². The number of pyridine rings is 1. The second-order valence-corrected chi connectivity index (χ2v) is 17.3. The molecule has 0 spiro atoms. The number of carbonyl (C=O) groups excluding carboxylic acids is 5. The van der Waals surface area contributed by atoms with E-state index in [0.29, 0.717) is 22.6 Å². The second-order valence-electron chi connectivity index (χ2n) is 17.3. The minimum absolute atomic E-state index is 0.0814. The number of rotatable bonds is 10. The van der Waals surface area contributed by atoms with Gasteiger partial charge in [0.15, 0.2) is 0 Å². The molecule has 5 amide bonds. The normalized spacial score (nSPS) is 19.5. The van der Waals surface area contributed by atoms with E-state index in [1.165, 1.54) is 12.1 Å². The van der Waals surface area contributed by atoms with Crippen molar-refractivity contribution in [3.05, 3.63) is 125 Å². The Morgan fingerprint density at radius 2 is 1.53 bits per heavy atom. The number of nitrogens with zero attached hydrogens (tertiary/aromatic N) is 4. The Balaban J connectivity index is 0.736. The molecule has 9 rings (SSSR count). The first kappa shape index (κ1) is 42.7. The van der Waals surface area contributed by atoms with Gasteiger partial charge < -0.3 is 20.4 Å². The van der Waals surface area contributed by atoms with E-state index < -0.39 is 41.4 Å². The lowest BCUT2D eigenvalue weighted by Gasteiger charge is -2.38. The van der Waals surface area contributed by atoms with E-state index >= 15 is 0 Å². The van der Waals surface area contributed by atoms with Crippen LogP contribution < -0.4 is 20.9 Å². The summed E-state index contributed by atoms with van der Waals surface area (Å²) in [6.45, 7) is 6.50. The largest absolute Gasteiger partial charge is 0.416 e. The van der Waals surface area contributed by atoms with Crippen molar-refractivity contribution >= 4 is 51.8 Å². The van der Waals surface area contributed by atoms with Gasteiger partial charge in [0.1, 0.15) is 11.9 Å². The van der Waals surface area contributed by atoms with Gasteiger partial charge in [-0.2, -0.15) is 13.2 Å². The van der Waals surface area contributed by atoms with Gasteiger partial charge in [0.2, 0.25) is 11.8 Å². The van der Waals surface area contributed by atoms with Crippen molar-refractivity contribution in [3.63, 3.8) is 0 Å². The van der Waals surface area contributed by atoms with Crippen LogP contribution in [0.1, 0.15) is 93.8 Å². The van der Waals surface area contributed by atoms with Crippen molar-refractivity contribution in [1.82, 2.24) is 25.4 Å². The standard InChI is InChI=1S/C49H48F3N7O5/c1-29(53-45(61)33-10-14-38-32(26-33)4-2-5-37(38)31-8-11-34(12-9-31)49(50,51)52)41-6-3-7-43(55-41)54-35-20-22-57(23-21-35)28-30-18-24-58(25-19-30)36-13-15-39-40(27-36)48(64)59(47(39)63)42-16-17-44(60)56-46(42)62/h2-15,26-27,29-30,35,42H,16-25,28H2,1H3,(H,53,61)(H,54,55)(H,56,60,62)/t29-,42?/m0/s1. The highest BCUT2D eigenvalue weighted by atomic mass is 19.4. The number of anilines is 2. The molecule has 4 aromatic carbocycles. The summed E-state index contributed by atoms with van der Waals surface area (Å²) in [5.41, 5.74) is 3.39. The maximum Gasteiger partial charge on any atom is 0.416 e. The molecule has 1 unspecified atom stereocenters. The fraction of sp³-hybridized carbons (Fsp3) is 0.347. The Hall–Kier alpha value is -6.61. The highest BCUT2D eigenvalue weighted by molar-refractivity contribution is 6.23. The van der Waals surface area contributed by atoms with Crippen LogP contribution in [0, 0.1) is 5.92 Å². The van der Waals surface area contributed by atoms with Crippen molar-refractivity contribution in [2.24, 2.45) is 5.92 Å². The van der Waals surface area contributed by atoms with Gasteiger partial charge >= 0.3 is 6.18 Å². The predicted molar refractivity (Wildman–Crippen MR) is 236 cm³/mol. The SMILES string of the molecule is C[C@H](NC(=O)c1ccc2c(-c3ccc(C(F)(F)F)cc3)cccc2c1)c1cccc(NC2CCN(CC3CCN(c4ccc5c(c4)C(=O)N(C4CCC(=O)NC4=O)C5=O)CC3)CC2)n1. The van der Waals surface area contributed by atoms with Gasteiger partial charge in [-0.3, -0.25) is 34.2 Å². The Morgan fingerprint density at radius 3 is 2.27 bits per heavy atom. The molecule has 0 saturated carbocycles. The zero-order valence-electron chi connectivity index (χ0n) is 35.3. The lowest BCUT2D eigenvalue weighted by Crippen LogP contribution is -2.54. The molecule has 3 fully saturated rings. The van der Waals surface area contributed by atoms with Crippen molar-refractivity contribution in [2.75, 3.05) is 42.9 Å². The third-order valence-electron chi connectivity index (χ3n) is 13.1. The minimum Gasteiger partial charge on any atom is -0.371 e. The summed E-state index contributed by atoms with van der Waals surface area (Å²) in [6, 6.07) is 26.0. The highest BCUT2D eigenvalue weighted by Gasteiger charge is 2.45. The second kappa shape index (κ2) is 17.5. The van der Waals surface area contributed by atoms with Crippen molar-refractivity contribution in [1.29, 1.82) is 0 Å². The number of fused-ring (bicyclic) bond motifs is 2. The molecular weight excluding hydrogens is 824 g/mol. The first-order valence-corrected chi connectivity index (χ1v) is 21.9. The number of piperidine rings is 3. The molecular formula is C49H48F3N7O5. The lowest BCUT2D eigenvalue weighted by molar-refractivity contribution is -0.138. The molecule has 0 aliphatic carbocycles. The summed E-state index contributed by atoms with van der Waals surface area (Å²) < 4.78 is 39.4. The summed E-state index contributed by atoms with van der Waals surface area (Å²) in [7, 11) is 0. The zero-order valence-corrected chi connectivity index (χ0v) is 35.3. The summed E-state index contributed by atoms with van der Waals surface area (Å²) in [5.74, 6) is -0.975. The molecule has 1 aromatic heterocycles. The van der Waals surface area contributed by atoms with Gasteiger partial charge in [-0.05, 0) is 121 Å². The molecule has 0 radical (unpaired) electrons. The lowest BCUT2D eigenvalue weighted by atomic mass is 9.94. The smallest absolute Gasteiger partial charge is 0.371 e. The van der Waals surface area contributed by atoms with Gasteiger partial charge in [0.05, 0.1) is 28.4 Å². The van der Waals surface area contributed by atoms with Crippen LogP contribution in [0.2, 0.25) is 0 Å². The number of halogens is 3. The monoisotopic (exact) mass is 871 g/mol. The fourth-order valence-electron chi connectivity index (χ4n) is 9.51. The van der Waals surface area contributed by atoms with E-state index in [9.17, 15) is 37.1 Å². The summed E-state index contributed by atoms with van der Waals surface area (Å²) in [4.78, 5) is 74.7. The van der Waals surface area contributed by atoms with Crippen LogP contribution in [-0.2, 0) is 15.8 Å². The number of imide groups is 2. The number of amides is 5. The van der Waals surface area contributed by atoms with Gasteiger partial charge in [0.25, 0.3) is 17.7 Å². The molecule has 64 heavy (non-hydrogen) atoms. The number of aromatic nitrogens is 1. The van der Waals surface area contributed by atoms with Crippen LogP contribution in [-0.4, -0.2) is 89.1 Å². The summed E-state index contributed by atoms with van der Waals surface area (Å²) in [5, 5.41) is 10.5. The van der Waals surface area contributed by atoms with Crippen LogP contribution in [0.4, 0.5) is 24.7 Å². The van der Waals surface area contributed by atoms with E-state index in [-0.39, 0.29) is 36.4 Å². The molecule has 2 atom stereocenters. The van der Waals surface area contributed by atoms with E-state index in [1.54, 1.807) is 24.3 Å². The Bertz CT molecular complexity index is 2640. The molecule has 4 aliphatic heterocycles. The van der Waals surface area contributed by atoms with Gasteiger partial charge in [-0.15, -0.1) is 0 Å². The van der Waals surface area contributed by atoms with Crippen molar-refractivity contribution in [3.8, 4) is 11.1 Å². The number of nitrogens with one attached hydrogen (secondary N) is 3. The third-order valence-corrected chi connectivity index (χ3v) is 13.1. The van der Waals surface area contributed by atoms with Gasteiger partial charge in [-0.1, -0.05) is 42.5 Å². The molecule has 3 N–H and O–H groups in total. The van der Waals surface area contributed by atoms with Crippen molar-refractivity contribution < 1.29 is 37.1 Å². The number of alkyl halides is 3. The highest BCUT2D eigenvalue weighted by Crippen LogP contribution is 2.35. The molecule has 4 aliphatic rings. The topological polar surface area (TPSA) is 144 Å². The average Bonchev–Trinajstić information content (AvgIpc) is 3.54. The van der Waals surface area contributed by atoms with Crippen molar-refractivity contribution in [2.45, 2.75) is 69.8 Å². The molecule has 3 saturated heterocycles. The first-order valence-electron chi connectivity index (χ1n) is 21.9. The summed E-state index contributed by atoms with van der Waals surface area (Å²) >= 11 is 0. The van der Waals surface area contributed by atoms with E-state index in [0.717, 1.165) is 109 Å². The Labute approximate surface area is 368 Å². The molecule has 330 valence electrons. The molecule has 5 aromatic rings. The van der Waals surface area contributed by atoms with Crippen LogP contribution in [0.3, 0.4) is 0 Å². The molecule has 12 nitrogen and oxygen atoms in total. The number of benzene rings is 4. The van der Waals surface area contributed by atoms with E-state index in [1.807, 2.05) is 55.5 Å². The number of likely N-dealkylation sites (tertiary alicyclic amines) is 1. The van der Waals surface area contributed by atoms with E-state index in [2.05, 4.69) is 25.8 Å². The number of hydrogen-bond donors (Lipinski definition) is 3. The predicted octanol–water partition coefficient (Wildman–Crippen LogP) is 7.61. The zero-order chi connectivity index (χ0) is 44.7. The maximum atomic E-state index is 13.4. The number of hydrogen-bond acceptors (Lipinski definition) is 9. The first-order chi connectivity index (χ1) is 30.8. The van der Waals surface area contributed by atoms with Gasteiger partial charge in [0, 0.05) is 56.4 Å². The quantitative estimate of drug-likeness (QED) is 0.121. The van der Waals surface area contributed by atoms with Crippen LogP contribution in [0.25, 0.3) is 21.9 Å². The minimum atomic E-state index is -4.41. The third kappa shape index (κ3) is 8.81.